The van der Waals surface area contributed by atoms with Crippen LogP contribution in [-0.4, -0.2) is 101 Å². The monoisotopic (exact) mass is 579 g/mol. The molecular formula is C24H29N5O6S3. The Kier molecular flexibility index (Phi) is 8.19. The zero-order valence-electron chi connectivity index (χ0n) is 20.7. The van der Waals surface area contributed by atoms with Crippen molar-refractivity contribution in [1.29, 1.82) is 0 Å². The summed E-state index contributed by atoms with van der Waals surface area (Å²) in [4.78, 5) is 13.5. The van der Waals surface area contributed by atoms with E-state index in [1.54, 1.807) is 48.0 Å². The Morgan fingerprint density at radius 2 is 2.03 bits per heavy atom. The van der Waals surface area contributed by atoms with Crippen molar-refractivity contribution in [2.75, 3.05) is 56.2 Å². The Labute approximate surface area is 229 Å². The topological polar surface area (TPSA) is 149 Å². The quantitative estimate of drug-likeness (QED) is 0.207. The number of nitrogens with one attached hydrogen (secondary N) is 2. The third-order valence-electron chi connectivity index (χ3n) is 6.21. The zero-order valence-corrected chi connectivity index (χ0v) is 23.1. The van der Waals surface area contributed by atoms with Gasteiger partial charge in [0.1, 0.15) is 17.4 Å². The molecule has 1 fully saturated rings. The number of H-pyrrole nitrogens is 1. The van der Waals surface area contributed by atoms with Crippen LogP contribution < -0.4 is 9.46 Å². The van der Waals surface area contributed by atoms with E-state index in [0.29, 0.717) is 53.7 Å². The van der Waals surface area contributed by atoms with E-state index in [0.717, 1.165) is 11.5 Å². The average Bonchev–Trinajstić information content (AvgIpc) is 3.58. The first kappa shape index (κ1) is 27.2. The van der Waals surface area contributed by atoms with E-state index in [1.165, 1.54) is 24.0 Å². The SMILES string of the molecule is COCCOc1cc(NS(=O)(=O)c2ccccn2)c2[nH]c(C3=NCC(C(O)(O)N4CCSCC4)S3)cc2c1. The van der Waals surface area contributed by atoms with Gasteiger partial charge in [-0.2, -0.15) is 20.2 Å². The number of thioether (sulfide) groups is 2. The van der Waals surface area contributed by atoms with Crippen molar-refractivity contribution in [2.24, 2.45) is 4.99 Å². The van der Waals surface area contributed by atoms with Gasteiger partial charge in [0.2, 0.25) is 5.91 Å². The summed E-state index contributed by atoms with van der Waals surface area (Å²) in [5, 5.41) is 22.5. The molecule has 204 valence electrons. The molecule has 4 heterocycles. The van der Waals surface area contributed by atoms with E-state index < -0.39 is 21.2 Å². The Hall–Kier alpha value is -2.33. The number of fused-ring (bicyclic) bond motifs is 1. The number of hydrogen-bond acceptors (Lipinski definition) is 11. The fraction of sp³-hybridized carbons (Fsp3) is 0.417. The third-order valence-corrected chi connectivity index (χ3v) is 9.75. The van der Waals surface area contributed by atoms with Gasteiger partial charge in [-0.25, -0.2) is 4.98 Å². The van der Waals surface area contributed by atoms with Crippen molar-refractivity contribution >= 4 is 55.2 Å². The maximum Gasteiger partial charge on any atom is 0.279 e. The maximum absolute atomic E-state index is 13.0. The van der Waals surface area contributed by atoms with Crippen molar-refractivity contribution in [3.63, 3.8) is 0 Å². The molecule has 38 heavy (non-hydrogen) atoms. The van der Waals surface area contributed by atoms with Crippen LogP contribution in [0.2, 0.25) is 0 Å². The molecule has 0 radical (unpaired) electrons. The normalized spacial score (nSPS) is 19.0. The number of nitrogens with zero attached hydrogens (tertiary/aromatic N) is 3. The molecule has 14 heteroatoms. The Bertz CT molecular complexity index is 1410. The van der Waals surface area contributed by atoms with Gasteiger partial charge < -0.3 is 24.7 Å². The summed E-state index contributed by atoms with van der Waals surface area (Å²) in [5.74, 6) is 0.184. The molecule has 5 rings (SSSR count). The minimum Gasteiger partial charge on any atom is -0.491 e. The molecular weight excluding hydrogens is 550 g/mol. The first-order chi connectivity index (χ1) is 18.3. The van der Waals surface area contributed by atoms with Crippen molar-refractivity contribution in [1.82, 2.24) is 14.9 Å². The fourth-order valence-electron chi connectivity index (χ4n) is 4.26. The minimum absolute atomic E-state index is 0.109. The fourth-order valence-corrected chi connectivity index (χ4v) is 7.29. The molecule has 3 aromatic rings. The lowest BCUT2D eigenvalue weighted by Crippen LogP contribution is -2.58. The molecule has 11 nitrogen and oxygen atoms in total. The predicted octanol–water partition coefficient (Wildman–Crippen LogP) is 1.94. The molecule has 1 unspecified atom stereocenters. The number of benzene rings is 1. The van der Waals surface area contributed by atoms with Crippen molar-refractivity contribution in [3.8, 4) is 5.75 Å². The lowest BCUT2D eigenvalue weighted by Gasteiger charge is -2.40. The number of ether oxygens (including phenoxy) is 2. The van der Waals surface area contributed by atoms with E-state index in [2.05, 4.69) is 19.7 Å². The average molecular weight is 580 g/mol. The van der Waals surface area contributed by atoms with Gasteiger partial charge in [0.25, 0.3) is 10.0 Å². The molecule has 1 aromatic carbocycles. The number of aliphatic imine (C=N–C) groups is 1. The van der Waals surface area contributed by atoms with Crippen molar-refractivity contribution in [2.45, 2.75) is 16.2 Å². The van der Waals surface area contributed by atoms with Crippen molar-refractivity contribution < 1.29 is 28.1 Å². The number of rotatable bonds is 10. The summed E-state index contributed by atoms with van der Waals surface area (Å²) in [6, 6.07) is 9.91. The lowest BCUT2D eigenvalue weighted by molar-refractivity contribution is -0.259. The number of sulfonamides is 1. The van der Waals surface area contributed by atoms with Gasteiger partial charge in [0.05, 0.1) is 35.3 Å². The highest BCUT2D eigenvalue weighted by molar-refractivity contribution is 8.15. The van der Waals surface area contributed by atoms with E-state index in [1.807, 2.05) is 6.07 Å². The first-order valence-electron chi connectivity index (χ1n) is 12.0. The van der Waals surface area contributed by atoms with Gasteiger partial charge in [-0.15, -0.1) is 0 Å². The summed E-state index contributed by atoms with van der Waals surface area (Å²) in [6.07, 6.45) is 1.41. The molecule has 2 aliphatic heterocycles. The summed E-state index contributed by atoms with van der Waals surface area (Å²) < 4.78 is 39.6. The Morgan fingerprint density at radius 1 is 1.21 bits per heavy atom. The zero-order chi connectivity index (χ0) is 26.8. The summed E-state index contributed by atoms with van der Waals surface area (Å²) in [5.41, 5.74) is 1.47. The van der Waals surface area contributed by atoms with E-state index in [-0.39, 0.29) is 17.3 Å². The van der Waals surface area contributed by atoms with Crippen LogP contribution in [0.25, 0.3) is 10.9 Å². The number of pyridine rings is 1. The summed E-state index contributed by atoms with van der Waals surface area (Å²) >= 11 is 3.08. The Morgan fingerprint density at radius 3 is 2.76 bits per heavy atom. The van der Waals surface area contributed by atoms with Gasteiger partial charge in [-0.05, 0) is 24.3 Å². The van der Waals surface area contributed by atoms with Gasteiger partial charge in [0.15, 0.2) is 5.03 Å². The third kappa shape index (κ3) is 5.81. The van der Waals surface area contributed by atoms with Crippen LogP contribution in [0.1, 0.15) is 5.69 Å². The summed E-state index contributed by atoms with van der Waals surface area (Å²) in [7, 11) is -2.40. The molecule has 2 aliphatic rings. The highest BCUT2D eigenvalue weighted by Crippen LogP contribution is 2.37. The number of hydrogen-bond donors (Lipinski definition) is 4. The molecule has 0 aliphatic carbocycles. The number of aromatic amines is 1. The van der Waals surface area contributed by atoms with Gasteiger partial charge in [0, 0.05) is 49.4 Å². The smallest absolute Gasteiger partial charge is 0.279 e. The highest BCUT2D eigenvalue weighted by atomic mass is 32.2. The van der Waals surface area contributed by atoms with E-state index in [4.69, 9.17) is 9.47 Å². The molecule has 4 N–H and O–H groups in total. The molecule has 0 saturated carbocycles. The van der Waals surface area contributed by atoms with Crippen LogP contribution in [0.4, 0.5) is 5.69 Å². The molecule has 0 spiro atoms. The number of methoxy groups -OCH3 is 1. The van der Waals surface area contributed by atoms with Crippen LogP contribution in [0, 0.1) is 0 Å². The minimum atomic E-state index is -3.97. The van der Waals surface area contributed by atoms with Gasteiger partial charge in [-0.1, -0.05) is 17.8 Å². The van der Waals surface area contributed by atoms with Gasteiger partial charge in [-0.3, -0.25) is 14.6 Å². The van der Waals surface area contributed by atoms with E-state index in [9.17, 15) is 18.6 Å². The van der Waals surface area contributed by atoms with Gasteiger partial charge >= 0.3 is 0 Å². The number of aromatic nitrogens is 2. The first-order valence-corrected chi connectivity index (χ1v) is 15.5. The molecule has 1 atom stereocenters. The van der Waals surface area contributed by atoms with Crippen molar-refractivity contribution in [3.05, 3.63) is 48.3 Å². The standard InChI is InChI=1S/C24H29N5O6S3/c1-34-8-9-35-17-12-16-13-19(23-26-15-20(37-23)24(30,31)29-6-10-36-11-7-29)27-22(16)18(14-17)28-38(32,33)21-4-2-3-5-25-21/h2-5,12-14,20,27-28,30-31H,6-11,15H2,1H3. The molecule has 2 aromatic heterocycles. The Balaban J connectivity index is 1.43. The van der Waals surface area contributed by atoms with Crippen LogP contribution in [0.15, 0.2) is 52.6 Å². The predicted molar refractivity (Wildman–Crippen MR) is 150 cm³/mol. The van der Waals surface area contributed by atoms with Crippen LogP contribution in [0.5, 0.6) is 5.75 Å². The second-order valence-electron chi connectivity index (χ2n) is 8.77. The van der Waals surface area contributed by atoms with E-state index >= 15 is 0 Å². The number of aliphatic hydroxyl groups is 2. The number of anilines is 1. The van der Waals surface area contributed by atoms with Crippen LogP contribution in [-0.2, 0) is 14.8 Å². The lowest BCUT2D eigenvalue weighted by atomic mass is 10.2. The largest absolute Gasteiger partial charge is 0.491 e. The van der Waals surface area contributed by atoms with Crippen LogP contribution in [0.3, 0.4) is 0 Å². The molecule has 0 amide bonds. The highest BCUT2D eigenvalue weighted by Gasteiger charge is 2.44. The second-order valence-corrected chi connectivity index (χ2v) is 12.8. The maximum atomic E-state index is 13.0. The second kappa shape index (κ2) is 11.4. The molecule has 0 bridgehead atoms. The van der Waals surface area contributed by atoms with Crippen LogP contribution >= 0.6 is 23.5 Å². The summed E-state index contributed by atoms with van der Waals surface area (Å²) in [6.45, 7) is 2.11. The molecule has 1 saturated heterocycles.